The smallest absolute Gasteiger partial charge is 0.343 e. The van der Waals surface area contributed by atoms with Crippen LogP contribution >= 0.6 is 0 Å². The van der Waals surface area contributed by atoms with E-state index in [9.17, 15) is 4.79 Å². The number of ether oxygens (including phenoxy) is 3. The van der Waals surface area contributed by atoms with E-state index >= 15 is 0 Å². The fraction of sp³-hybridized carbons (Fsp3) is 0.500. The van der Waals surface area contributed by atoms with Crippen molar-refractivity contribution in [2.45, 2.75) is 25.4 Å². The zero-order chi connectivity index (χ0) is 13.7. The molecule has 1 aliphatic rings. The Morgan fingerprint density at radius 2 is 2.16 bits per heavy atom. The van der Waals surface area contributed by atoms with E-state index in [2.05, 4.69) is 10.1 Å². The Morgan fingerprint density at radius 3 is 2.79 bits per heavy atom. The predicted octanol–water partition coefficient (Wildman–Crippen LogP) is 1.50. The third kappa shape index (κ3) is 4.13. The van der Waals surface area contributed by atoms with E-state index in [4.69, 9.17) is 9.47 Å². The number of methoxy groups -OCH3 is 2. The van der Waals surface area contributed by atoms with Crippen molar-refractivity contribution in [3.8, 4) is 11.5 Å². The van der Waals surface area contributed by atoms with Crippen molar-refractivity contribution >= 4 is 5.97 Å². The Kier molecular flexibility index (Phi) is 4.63. The highest BCUT2D eigenvalue weighted by Gasteiger charge is 2.21. The molecule has 0 unspecified atom stereocenters. The number of rotatable bonds is 7. The van der Waals surface area contributed by atoms with Crippen LogP contribution < -0.4 is 14.8 Å². The molecule has 2 rings (SSSR count). The van der Waals surface area contributed by atoms with Gasteiger partial charge in [-0.15, -0.1) is 0 Å². The van der Waals surface area contributed by atoms with Gasteiger partial charge < -0.3 is 19.5 Å². The summed E-state index contributed by atoms with van der Waals surface area (Å²) < 4.78 is 15.2. The summed E-state index contributed by atoms with van der Waals surface area (Å²) in [5, 5.41) is 3.41. The molecule has 1 aromatic carbocycles. The average molecular weight is 265 g/mol. The molecule has 0 aliphatic heterocycles. The van der Waals surface area contributed by atoms with Crippen LogP contribution in [0.4, 0.5) is 0 Å². The Labute approximate surface area is 112 Å². The van der Waals surface area contributed by atoms with Crippen LogP contribution in [0.1, 0.15) is 18.4 Å². The van der Waals surface area contributed by atoms with Gasteiger partial charge in [-0.2, -0.15) is 0 Å². The number of benzene rings is 1. The van der Waals surface area contributed by atoms with E-state index < -0.39 is 5.97 Å². The molecule has 0 bridgehead atoms. The molecule has 5 heteroatoms. The van der Waals surface area contributed by atoms with E-state index in [0.717, 1.165) is 11.3 Å². The normalized spacial score (nSPS) is 14.0. The molecule has 0 amide bonds. The molecule has 104 valence electrons. The Bertz CT molecular complexity index is 443. The number of hydrogen-bond acceptors (Lipinski definition) is 5. The highest BCUT2D eigenvalue weighted by atomic mass is 16.6. The van der Waals surface area contributed by atoms with Crippen LogP contribution in [0.25, 0.3) is 0 Å². The summed E-state index contributed by atoms with van der Waals surface area (Å²) >= 11 is 0. The van der Waals surface area contributed by atoms with Crippen LogP contribution in [-0.2, 0) is 16.1 Å². The maximum absolute atomic E-state index is 11.1. The van der Waals surface area contributed by atoms with Gasteiger partial charge in [0.2, 0.25) is 0 Å². The van der Waals surface area contributed by atoms with Crippen LogP contribution in [0, 0.1) is 0 Å². The fourth-order valence-corrected chi connectivity index (χ4v) is 1.70. The lowest BCUT2D eigenvalue weighted by Gasteiger charge is -2.12. The van der Waals surface area contributed by atoms with Crippen molar-refractivity contribution in [1.82, 2.24) is 5.32 Å². The Hall–Kier alpha value is -1.75. The van der Waals surface area contributed by atoms with Crippen molar-refractivity contribution in [3.63, 3.8) is 0 Å². The zero-order valence-corrected chi connectivity index (χ0v) is 11.3. The molecule has 0 radical (unpaired) electrons. The van der Waals surface area contributed by atoms with Gasteiger partial charge in [0, 0.05) is 18.2 Å². The molecule has 1 N–H and O–H groups in total. The van der Waals surface area contributed by atoms with Gasteiger partial charge in [-0.05, 0) is 31.0 Å². The van der Waals surface area contributed by atoms with E-state index in [0.29, 0.717) is 18.3 Å². The topological polar surface area (TPSA) is 56.8 Å². The maximum Gasteiger partial charge on any atom is 0.343 e. The van der Waals surface area contributed by atoms with Crippen LogP contribution in [0.2, 0.25) is 0 Å². The number of carbonyl (C=O) groups is 1. The molecule has 0 saturated heterocycles. The Balaban J connectivity index is 2.03. The molecule has 1 saturated carbocycles. The van der Waals surface area contributed by atoms with Crippen LogP contribution in [0.3, 0.4) is 0 Å². The molecule has 1 aromatic rings. The molecule has 19 heavy (non-hydrogen) atoms. The second-order valence-corrected chi connectivity index (χ2v) is 4.49. The first kappa shape index (κ1) is 13.7. The molecule has 0 atom stereocenters. The lowest BCUT2D eigenvalue weighted by Crippen LogP contribution is -2.18. The second-order valence-electron chi connectivity index (χ2n) is 4.49. The van der Waals surface area contributed by atoms with Gasteiger partial charge in [-0.25, -0.2) is 4.79 Å². The molecule has 0 spiro atoms. The van der Waals surface area contributed by atoms with Crippen molar-refractivity contribution in [2.75, 3.05) is 20.8 Å². The summed E-state index contributed by atoms with van der Waals surface area (Å²) in [6.07, 6.45) is 2.45. The lowest BCUT2D eigenvalue weighted by molar-refractivity contribution is -0.142. The van der Waals surface area contributed by atoms with Crippen LogP contribution in [0.5, 0.6) is 11.5 Å². The minimum Gasteiger partial charge on any atom is -0.497 e. The van der Waals surface area contributed by atoms with Crippen molar-refractivity contribution in [3.05, 3.63) is 23.8 Å². The first-order valence-corrected chi connectivity index (χ1v) is 6.33. The average Bonchev–Trinajstić information content (AvgIpc) is 3.26. The number of hydrogen-bond donors (Lipinski definition) is 1. The summed E-state index contributed by atoms with van der Waals surface area (Å²) in [5.74, 6) is 1.06. The van der Waals surface area contributed by atoms with Gasteiger partial charge in [-0.1, -0.05) is 0 Å². The molecule has 0 aromatic heterocycles. The van der Waals surface area contributed by atoms with Gasteiger partial charge in [0.1, 0.15) is 11.5 Å². The van der Waals surface area contributed by atoms with Crippen molar-refractivity contribution in [1.29, 1.82) is 0 Å². The van der Waals surface area contributed by atoms with Crippen LogP contribution in [0.15, 0.2) is 18.2 Å². The monoisotopic (exact) mass is 265 g/mol. The summed E-state index contributed by atoms with van der Waals surface area (Å²) in [6, 6.07) is 6.15. The van der Waals surface area contributed by atoms with Gasteiger partial charge in [0.05, 0.1) is 14.2 Å². The van der Waals surface area contributed by atoms with E-state index in [1.807, 2.05) is 18.2 Å². The first-order valence-electron chi connectivity index (χ1n) is 6.33. The van der Waals surface area contributed by atoms with Gasteiger partial charge >= 0.3 is 5.97 Å². The van der Waals surface area contributed by atoms with E-state index in [1.54, 1.807) is 7.11 Å². The van der Waals surface area contributed by atoms with Gasteiger partial charge in [0.25, 0.3) is 0 Å². The number of nitrogens with one attached hydrogen (secondary N) is 1. The van der Waals surface area contributed by atoms with Gasteiger partial charge in [-0.3, -0.25) is 0 Å². The molecule has 1 fully saturated rings. The quantitative estimate of drug-likeness (QED) is 0.757. The second kappa shape index (κ2) is 6.43. The summed E-state index contributed by atoms with van der Waals surface area (Å²) in [4.78, 5) is 11.1. The SMILES string of the molecule is COC(=O)COc1ccc(OC)cc1CNC1CC1. The third-order valence-electron chi connectivity index (χ3n) is 3.00. The van der Waals surface area contributed by atoms with Gasteiger partial charge in [0.15, 0.2) is 6.61 Å². The summed E-state index contributed by atoms with van der Waals surface area (Å²) in [5.41, 5.74) is 0.982. The summed E-state index contributed by atoms with van der Waals surface area (Å²) in [7, 11) is 2.97. The Morgan fingerprint density at radius 1 is 1.37 bits per heavy atom. The molecule has 0 heterocycles. The zero-order valence-electron chi connectivity index (χ0n) is 11.3. The van der Waals surface area contributed by atoms with Crippen molar-refractivity contribution in [2.24, 2.45) is 0 Å². The standard InChI is InChI=1S/C14H19NO4/c1-17-12-5-6-13(19-9-14(16)18-2)10(7-12)8-15-11-3-4-11/h5-7,11,15H,3-4,8-9H2,1-2H3. The highest BCUT2D eigenvalue weighted by Crippen LogP contribution is 2.26. The van der Waals surface area contributed by atoms with Crippen molar-refractivity contribution < 1.29 is 19.0 Å². The molecule has 1 aliphatic carbocycles. The minimum atomic E-state index is -0.392. The third-order valence-corrected chi connectivity index (χ3v) is 3.00. The highest BCUT2D eigenvalue weighted by molar-refractivity contribution is 5.70. The maximum atomic E-state index is 11.1. The largest absolute Gasteiger partial charge is 0.497 e. The lowest BCUT2D eigenvalue weighted by atomic mass is 10.2. The first-order chi connectivity index (χ1) is 9.22. The van der Waals surface area contributed by atoms with E-state index in [1.165, 1.54) is 20.0 Å². The van der Waals surface area contributed by atoms with Crippen LogP contribution in [-0.4, -0.2) is 32.8 Å². The minimum absolute atomic E-state index is 0.0841. The van der Waals surface area contributed by atoms with E-state index in [-0.39, 0.29) is 6.61 Å². The molecule has 5 nitrogen and oxygen atoms in total. The molecular formula is C14H19NO4. The molecular weight excluding hydrogens is 246 g/mol. The number of esters is 1. The fourth-order valence-electron chi connectivity index (χ4n) is 1.70. The number of carbonyl (C=O) groups excluding carboxylic acids is 1. The predicted molar refractivity (Wildman–Crippen MR) is 70.4 cm³/mol. The summed E-state index contributed by atoms with van der Waals surface area (Å²) in [6.45, 7) is 0.623.